The summed E-state index contributed by atoms with van der Waals surface area (Å²) in [4.78, 5) is 35.9. The molecule has 2 aliphatic rings. The minimum absolute atomic E-state index is 0.125. The van der Waals surface area contributed by atoms with Crippen LogP contribution in [-0.2, 0) is 19.1 Å². The van der Waals surface area contributed by atoms with Gasteiger partial charge in [0.25, 0.3) is 0 Å². The van der Waals surface area contributed by atoms with Crippen LogP contribution >= 0.6 is 11.6 Å². The molecule has 1 aliphatic heterocycles. The number of nitrogens with one attached hydrogen (secondary N) is 2. The molecule has 2 rings (SSSR count). The summed E-state index contributed by atoms with van der Waals surface area (Å²) in [5.41, 5.74) is 1.12. The molecule has 0 aromatic rings. The van der Waals surface area contributed by atoms with Gasteiger partial charge in [-0.05, 0) is 31.8 Å². The van der Waals surface area contributed by atoms with Gasteiger partial charge in [-0.3, -0.25) is 14.4 Å². The van der Waals surface area contributed by atoms with Crippen LogP contribution in [0.5, 0.6) is 0 Å². The molecule has 0 radical (unpaired) electrons. The first-order chi connectivity index (χ1) is 12.5. The van der Waals surface area contributed by atoms with Gasteiger partial charge < -0.3 is 15.4 Å². The van der Waals surface area contributed by atoms with Crippen molar-refractivity contribution in [1.29, 1.82) is 0 Å². The van der Waals surface area contributed by atoms with Gasteiger partial charge in [-0.2, -0.15) is 0 Å². The number of ether oxygens (including phenoxy) is 1. The Morgan fingerprint density at radius 3 is 2.85 bits per heavy atom. The van der Waals surface area contributed by atoms with E-state index in [-0.39, 0.29) is 37.4 Å². The Balaban J connectivity index is 1.85. The monoisotopic (exact) mass is 380 g/mol. The molecule has 6 nitrogen and oxygen atoms in total. The SMILES string of the molecule is O=C(CC1C/C=C/CCC(=O)OCCNC1=O)NCC1=CC=C(Cl)CC1. The maximum atomic E-state index is 12.3. The number of carbonyl (C=O) groups excluding carboxylic acids is 3. The fourth-order valence-electron chi connectivity index (χ4n) is 2.73. The molecular weight excluding hydrogens is 356 g/mol. The summed E-state index contributed by atoms with van der Waals surface area (Å²) < 4.78 is 5.01. The van der Waals surface area contributed by atoms with Crippen LogP contribution in [-0.4, -0.2) is 37.5 Å². The van der Waals surface area contributed by atoms with Crippen molar-refractivity contribution >= 4 is 29.4 Å². The maximum Gasteiger partial charge on any atom is 0.306 e. The van der Waals surface area contributed by atoms with E-state index in [2.05, 4.69) is 10.6 Å². The van der Waals surface area contributed by atoms with E-state index in [1.807, 2.05) is 24.3 Å². The van der Waals surface area contributed by atoms with Gasteiger partial charge in [-0.15, -0.1) is 0 Å². The van der Waals surface area contributed by atoms with E-state index in [0.29, 0.717) is 25.8 Å². The summed E-state index contributed by atoms with van der Waals surface area (Å²) in [6, 6.07) is 0. The average molecular weight is 381 g/mol. The van der Waals surface area contributed by atoms with E-state index >= 15 is 0 Å². The van der Waals surface area contributed by atoms with Crippen LogP contribution in [0.3, 0.4) is 0 Å². The topological polar surface area (TPSA) is 84.5 Å². The number of esters is 1. The zero-order valence-electron chi connectivity index (χ0n) is 14.8. The Bertz CT molecular complexity index is 625. The molecular formula is C19H25ClN2O4. The van der Waals surface area contributed by atoms with Crippen LogP contribution in [0, 0.1) is 5.92 Å². The van der Waals surface area contributed by atoms with E-state index in [9.17, 15) is 14.4 Å². The quantitative estimate of drug-likeness (QED) is 0.579. The molecule has 0 aromatic heterocycles. The molecule has 1 unspecified atom stereocenters. The second-order valence-electron chi connectivity index (χ2n) is 6.37. The third-order valence-corrected chi connectivity index (χ3v) is 4.58. The Kier molecular flexibility index (Phi) is 8.41. The number of allylic oxidation sites excluding steroid dienone is 5. The van der Waals surface area contributed by atoms with Gasteiger partial charge in [-0.25, -0.2) is 0 Å². The third-order valence-electron chi connectivity index (χ3n) is 4.27. The number of rotatable bonds is 4. The normalized spacial score (nSPS) is 23.3. The molecule has 2 amide bonds. The van der Waals surface area contributed by atoms with Gasteiger partial charge >= 0.3 is 5.97 Å². The van der Waals surface area contributed by atoms with E-state index in [1.54, 1.807) is 0 Å². The first-order valence-corrected chi connectivity index (χ1v) is 9.31. The van der Waals surface area contributed by atoms with Crippen LogP contribution in [0.4, 0.5) is 0 Å². The van der Waals surface area contributed by atoms with Gasteiger partial charge in [0, 0.05) is 24.4 Å². The van der Waals surface area contributed by atoms with Crippen molar-refractivity contribution in [2.24, 2.45) is 5.92 Å². The zero-order valence-corrected chi connectivity index (χ0v) is 15.5. The number of amides is 2. The first kappa shape index (κ1) is 20.2. The highest BCUT2D eigenvalue weighted by molar-refractivity contribution is 6.29. The molecule has 1 heterocycles. The Labute approximate surface area is 158 Å². The van der Waals surface area contributed by atoms with E-state index in [1.165, 1.54) is 0 Å². The Morgan fingerprint density at radius 1 is 1.23 bits per heavy atom. The van der Waals surface area contributed by atoms with Gasteiger partial charge in [0.1, 0.15) is 6.61 Å². The lowest BCUT2D eigenvalue weighted by molar-refractivity contribution is -0.144. The lowest BCUT2D eigenvalue weighted by Crippen LogP contribution is -2.37. The molecule has 0 spiro atoms. The highest BCUT2D eigenvalue weighted by Gasteiger charge is 2.21. The number of hydrogen-bond acceptors (Lipinski definition) is 4. The van der Waals surface area contributed by atoms with Crippen molar-refractivity contribution in [3.8, 4) is 0 Å². The maximum absolute atomic E-state index is 12.3. The van der Waals surface area contributed by atoms with Gasteiger partial charge in [0.2, 0.25) is 11.8 Å². The second-order valence-corrected chi connectivity index (χ2v) is 6.86. The van der Waals surface area contributed by atoms with Crippen molar-refractivity contribution in [1.82, 2.24) is 10.6 Å². The number of halogens is 1. The van der Waals surface area contributed by atoms with Crippen LogP contribution in [0.2, 0.25) is 0 Å². The predicted molar refractivity (Wildman–Crippen MR) is 99.3 cm³/mol. The van der Waals surface area contributed by atoms with Crippen LogP contribution < -0.4 is 10.6 Å². The van der Waals surface area contributed by atoms with Crippen LogP contribution in [0.15, 0.2) is 34.9 Å². The summed E-state index contributed by atoms with van der Waals surface area (Å²) in [7, 11) is 0. The van der Waals surface area contributed by atoms with E-state index in [4.69, 9.17) is 16.3 Å². The lowest BCUT2D eigenvalue weighted by Gasteiger charge is -2.17. The van der Waals surface area contributed by atoms with Crippen molar-refractivity contribution < 1.29 is 19.1 Å². The number of hydrogen-bond donors (Lipinski definition) is 2. The molecule has 0 saturated heterocycles. The largest absolute Gasteiger partial charge is 0.464 e. The summed E-state index contributed by atoms with van der Waals surface area (Å²) in [6.07, 6.45) is 10.6. The first-order valence-electron chi connectivity index (χ1n) is 8.93. The molecule has 0 bridgehead atoms. The minimum Gasteiger partial charge on any atom is -0.464 e. The van der Waals surface area contributed by atoms with Gasteiger partial charge in [0.15, 0.2) is 0 Å². The lowest BCUT2D eigenvalue weighted by atomic mass is 9.98. The fraction of sp³-hybridized carbons (Fsp3) is 0.526. The standard InChI is InChI=1S/C19H25ClN2O4/c20-16-8-6-14(7-9-16)13-22-17(23)12-15-4-2-1-3-5-18(24)26-11-10-21-19(15)25/h1-2,6,8,15H,3-5,7,9-13H2,(H,21,25)(H,22,23)/b2-1+. The summed E-state index contributed by atoms with van der Waals surface area (Å²) >= 11 is 5.92. The van der Waals surface area contributed by atoms with Crippen molar-refractivity contribution in [3.63, 3.8) is 0 Å². The highest BCUT2D eigenvalue weighted by Crippen LogP contribution is 2.20. The molecule has 1 atom stereocenters. The molecule has 0 aromatic carbocycles. The van der Waals surface area contributed by atoms with Crippen LogP contribution in [0.25, 0.3) is 0 Å². The molecule has 0 saturated carbocycles. The van der Waals surface area contributed by atoms with E-state index < -0.39 is 5.92 Å². The molecule has 0 fully saturated rings. The number of cyclic esters (lactones) is 1. The van der Waals surface area contributed by atoms with Crippen molar-refractivity contribution in [2.75, 3.05) is 19.7 Å². The molecule has 7 heteroatoms. The predicted octanol–water partition coefficient (Wildman–Crippen LogP) is 2.35. The second kappa shape index (κ2) is 10.8. The van der Waals surface area contributed by atoms with Crippen molar-refractivity contribution in [2.45, 2.75) is 38.5 Å². The zero-order chi connectivity index (χ0) is 18.8. The smallest absolute Gasteiger partial charge is 0.306 e. The van der Waals surface area contributed by atoms with Crippen LogP contribution in [0.1, 0.15) is 38.5 Å². The molecule has 2 N–H and O–H groups in total. The number of carbonyl (C=O) groups is 3. The molecule has 26 heavy (non-hydrogen) atoms. The minimum atomic E-state index is -0.434. The molecule has 1 aliphatic carbocycles. The fourth-order valence-corrected chi connectivity index (χ4v) is 2.89. The average Bonchev–Trinajstić information content (AvgIpc) is 2.62. The van der Waals surface area contributed by atoms with Gasteiger partial charge in [-0.1, -0.05) is 35.4 Å². The van der Waals surface area contributed by atoms with Gasteiger partial charge in [0.05, 0.1) is 12.5 Å². The third kappa shape index (κ3) is 7.44. The van der Waals surface area contributed by atoms with E-state index in [0.717, 1.165) is 23.4 Å². The summed E-state index contributed by atoms with van der Waals surface area (Å²) in [6.45, 7) is 0.878. The molecule has 142 valence electrons. The highest BCUT2D eigenvalue weighted by atomic mass is 35.5. The Morgan fingerprint density at radius 2 is 2.08 bits per heavy atom. The Hall–Kier alpha value is -2.08. The van der Waals surface area contributed by atoms with Crippen molar-refractivity contribution in [3.05, 3.63) is 34.9 Å². The summed E-state index contributed by atoms with van der Waals surface area (Å²) in [5, 5.41) is 6.42. The summed E-state index contributed by atoms with van der Waals surface area (Å²) in [5.74, 6) is -1.06.